The quantitative estimate of drug-likeness (QED) is 0.187. The molecule has 0 saturated heterocycles. The van der Waals surface area contributed by atoms with Crippen molar-refractivity contribution < 1.29 is 25.8 Å². The van der Waals surface area contributed by atoms with Gasteiger partial charge in [0.1, 0.15) is 0 Å². The van der Waals surface area contributed by atoms with Crippen molar-refractivity contribution in [3.8, 4) is 0 Å². The standard InChI is InChI=1S/C16H14P.C10H15.Hf/c1-12-11-13-7-5-6-10-15(13)16(12)17-14-8-3-2-4-9-14;1-3-4-7-10-8-5-6-9(10)2;/h2-11,17H,1H3;6H,3-5,7H2,1-2H3;/q2*-1;. The number of aryl methyl sites for hydroxylation is 1. The molecule has 0 amide bonds. The third kappa shape index (κ3) is 6.16. The van der Waals surface area contributed by atoms with E-state index in [1.54, 1.807) is 0 Å². The molecule has 3 aromatic rings. The number of hydrogen-bond acceptors (Lipinski definition) is 0. The third-order valence-corrected chi connectivity index (χ3v) is 6.56. The first-order valence-corrected chi connectivity index (χ1v) is 10.9. The van der Waals surface area contributed by atoms with Gasteiger partial charge in [-0.2, -0.15) is 6.08 Å². The maximum absolute atomic E-state index is 3.37. The fourth-order valence-corrected chi connectivity index (χ4v) is 4.71. The zero-order valence-electron chi connectivity index (χ0n) is 17.2. The van der Waals surface area contributed by atoms with Crippen LogP contribution in [0.25, 0.3) is 10.8 Å². The summed E-state index contributed by atoms with van der Waals surface area (Å²) < 4.78 is 0. The van der Waals surface area contributed by atoms with Crippen LogP contribution in [0, 0.1) is 13.0 Å². The van der Waals surface area contributed by atoms with E-state index < -0.39 is 0 Å². The molecule has 0 N–H and O–H groups in total. The molecule has 28 heavy (non-hydrogen) atoms. The Balaban J connectivity index is 0.000000221. The van der Waals surface area contributed by atoms with Gasteiger partial charge in [-0.25, -0.2) is 11.1 Å². The molecule has 0 bridgehead atoms. The number of rotatable bonds is 5. The Morgan fingerprint density at radius 1 is 1.00 bits per heavy atom. The number of allylic oxidation sites excluding steroid dienone is 4. The van der Waals surface area contributed by atoms with Crippen LogP contribution in [0.4, 0.5) is 0 Å². The van der Waals surface area contributed by atoms with Crippen LogP contribution in [0.15, 0.2) is 77.9 Å². The Kier molecular flexibility index (Phi) is 9.69. The molecule has 3 aromatic carbocycles. The van der Waals surface area contributed by atoms with Gasteiger partial charge >= 0.3 is 0 Å². The molecule has 0 saturated carbocycles. The van der Waals surface area contributed by atoms with E-state index in [0.29, 0.717) is 0 Å². The number of benzene rings is 2. The molecule has 4 rings (SSSR count). The summed E-state index contributed by atoms with van der Waals surface area (Å²) in [6.07, 6.45) is 10.5. The average molecular weight is 551 g/mol. The van der Waals surface area contributed by atoms with Crippen LogP contribution in [0.2, 0.25) is 0 Å². The van der Waals surface area contributed by atoms with Crippen molar-refractivity contribution in [3.63, 3.8) is 0 Å². The molecular weight excluding hydrogens is 522 g/mol. The molecule has 0 radical (unpaired) electrons. The Hall–Kier alpha value is -1.17. The van der Waals surface area contributed by atoms with Gasteiger partial charge in [0.05, 0.1) is 0 Å². The van der Waals surface area contributed by atoms with Crippen molar-refractivity contribution in [2.75, 3.05) is 0 Å². The average Bonchev–Trinajstić information content (AvgIpc) is 3.24. The van der Waals surface area contributed by atoms with E-state index in [2.05, 4.69) is 93.6 Å². The molecule has 1 atom stereocenters. The zero-order chi connectivity index (χ0) is 19.1. The molecule has 0 aromatic heterocycles. The molecule has 0 heterocycles. The van der Waals surface area contributed by atoms with Crippen molar-refractivity contribution in [2.45, 2.75) is 46.5 Å². The van der Waals surface area contributed by atoms with E-state index in [1.807, 2.05) is 0 Å². The maximum atomic E-state index is 3.37. The minimum absolute atomic E-state index is 0. The van der Waals surface area contributed by atoms with Crippen molar-refractivity contribution in [1.29, 1.82) is 0 Å². The van der Waals surface area contributed by atoms with Gasteiger partial charge < -0.3 is 0 Å². The predicted molar refractivity (Wildman–Crippen MR) is 123 cm³/mol. The molecule has 0 fully saturated rings. The Morgan fingerprint density at radius 2 is 1.71 bits per heavy atom. The normalized spacial score (nSPS) is 13.1. The Labute approximate surface area is 191 Å². The van der Waals surface area contributed by atoms with Crippen LogP contribution < -0.4 is 10.6 Å². The van der Waals surface area contributed by atoms with E-state index in [4.69, 9.17) is 0 Å². The fraction of sp³-hybridized carbons (Fsp3) is 0.269. The van der Waals surface area contributed by atoms with Crippen molar-refractivity contribution in [1.82, 2.24) is 0 Å². The van der Waals surface area contributed by atoms with Gasteiger partial charge in [-0.3, -0.25) is 6.08 Å². The summed E-state index contributed by atoms with van der Waals surface area (Å²) in [5.74, 6) is 0. The topological polar surface area (TPSA) is 0 Å². The minimum atomic E-state index is 0. The van der Waals surface area contributed by atoms with Crippen molar-refractivity contribution >= 4 is 30.0 Å². The second-order valence-corrected chi connectivity index (χ2v) is 8.46. The molecule has 1 aliphatic carbocycles. The van der Waals surface area contributed by atoms with Crippen LogP contribution in [0.5, 0.6) is 0 Å². The maximum Gasteiger partial charge on any atom is 0 e. The molecule has 1 aliphatic rings. The monoisotopic (exact) mass is 552 g/mol. The molecular formula is C26H29HfP-2. The van der Waals surface area contributed by atoms with E-state index in [1.165, 1.54) is 57.4 Å². The van der Waals surface area contributed by atoms with Crippen molar-refractivity contribution in [3.05, 3.63) is 89.5 Å². The van der Waals surface area contributed by atoms with E-state index >= 15 is 0 Å². The van der Waals surface area contributed by atoms with Crippen LogP contribution in [0.1, 0.15) is 45.1 Å². The molecule has 144 valence electrons. The number of unbranched alkanes of at least 4 members (excludes halogenated alkanes) is 1. The Morgan fingerprint density at radius 3 is 2.39 bits per heavy atom. The number of hydrogen-bond donors (Lipinski definition) is 0. The first kappa shape index (κ1) is 23.1. The van der Waals surface area contributed by atoms with Crippen LogP contribution in [-0.2, 0) is 25.8 Å². The predicted octanol–water partition coefficient (Wildman–Crippen LogP) is 6.75. The van der Waals surface area contributed by atoms with Crippen LogP contribution >= 0.6 is 8.58 Å². The first-order chi connectivity index (χ1) is 13.2. The van der Waals surface area contributed by atoms with Gasteiger partial charge in [0.2, 0.25) is 0 Å². The van der Waals surface area contributed by atoms with Crippen LogP contribution in [0.3, 0.4) is 0 Å². The van der Waals surface area contributed by atoms with Gasteiger partial charge in [0.25, 0.3) is 0 Å². The summed E-state index contributed by atoms with van der Waals surface area (Å²) >= 11 is 0. The largest absolute Gasteiger partial charge is 0.269 e. The third-order valence-electron chi connectivity index (χ3n) is 5.02. The summed E-state index contributed by atoms with van der Waals surface area (Å²) in [7, 11) is 0.754. The smallest absolute Gasteiger partial charge is 0 e. The second kappa shape index (κ2) is 11.7. The molecule has 0 spiro atoms. The molecule has 2 heteroatoms. The fourth-order valence-electron chi connectivity index (χ4n) is 3.43. The molecule has 0 aliphatic heterocycles. The summed E-state index contributed by atoms with van der Waals surface area (Å²) in [6, 6.07) is 21.7. The molecule has 0 nitrogen and oxygen atoms in total. The van der Waals surface area contributed by atoms with Gasteiger partial charge in [0.15, 0.2) is 0 Å². The van der Waals surface area contributed by atoms with E-state index in [0.717, 1.165) is 15.0 Å². The van der Waals surface area contributed by atoms with E-state index in [-0.39, 0.29) is 25.8 Å². The summed E-state index contributed by atoms with van der Waals surface area (Å²) in [5, 5.41) is 5.68. The van der Waals surface area contributed by atoms with Gasteiger partial charge in [-0.1, -0.05) is 69.5 Å². The first-order valence-electron chi connectivity index (χ1n) is 9.93. The van der Waals surface area contributed by atoms with Crippen LogP contribution in [-0.4, -0.2) is 0 Å². The summed E-state index contributed by atoms with van der Waals surface area (Å²) in [6.45, 7) is 6.63. The van der Waals surface area contributed by atoms with E-state index in [9.17, 15) is 0 Å². The number of fused-ring (bicyclic) bond motifs is 1. The van der Waals surface area contributed by atoms with Crippen molar-refractivity contribution in [2.24, 2.45) is 0 Å². The second-order valence-electron chi connectivity index (χ2n) is 7.13. The van der Waals surface area contributed by atoms with Gasteiger partial charge in [0, 0.05) is 25.8 Å². The zero-order valence-corrected chi connectivity index (χ0v) is 21.8. The Bertz CT molecular complexity index is 931. The summed E-state index contributed by atoms with van der Waals surface area (Å²) in [5.41, 5.74) is 4.32. The summed E-state index contributed by atoms with van der Waals surface area (Å²) in [4.78, 5) is 0. The van der Waals surface area contributed by atoms with Gasteiger partial charge in [-0.15, -0.1) is 67.8 Å². The molecule has 1 unspecified atom stereocenters. The van der Waals surface area contributed by atoms with Gasteiger partial charge in [-0.05, 0) is 5.30 Å². The minimum Gasteiger partial charge on any atom is -0.269 e. The SMILES string of the molecule is CCCCC1=[C-]CC=C1C.Cc1[cH-]c2ccccc2c1Pc1ccccc1.[Hf].